The van der Waals surface area contributed by atoms with Crippen LogP contribution in [-0.2, 0) is 13.6 Å². The number of benzene rings is 2. The first-order chi connectivity index (χ1) is 16.8. The zero-order chi connectivity index (χ0) is 24.9. The van der Waals surface area contributed by atoms with Gasteiger partial charge in [-0.05, 0) is 42.8 Å². The number of hydrogen-bond donors (Lipinski definition) is 1. The molecule has 2 aromatic carbocycles. The van der Waals surface area contributed by atoms with Gasteiger partial charge < -0.3 is 14.3 Å². The number of aromatic hydroxyl groups is 1. The highest BCUT2D eigenvalue weighted by molar-refractivity contribution is 7.99. The molecule has 3 aromatic heterocycles. The predicted molar refractivity (Wildman–Crippen MR) is 130 cm³/mol. The standard InChI is InChI=1S/C25H20FN3O5S/c1-13-18-21-19(20(30)22(25(32)34-21)35-17-6-4-5-16(11-17)33-3)24(31)29(23(18)28(2)27-13)12-14-7-9-15(26)10-8-14/h4-11,30H,12H2,1-3H3. The van der Waals surface area contributed by atoms with Gasteiger partial charge in [0, 0.05) is 11.9 Å². The molecule has 0 amide bonds. The lowest BCUT2D eigenvalue weighted by atomic mass is 10.1. The smallest absolute Gasteiger partial charge is 0.354 e. The van der Waals surface area contributed by atoms with E-state index in [0.717, 1.165) is 11.8 Å². The molecule has 178 valence electrons. The fraction of sp³-hybridized carbons (Fsp3) is 0.160. The zero-order valence-corrected chi connectivity index (χ0v) is 19.9. The molecule has 5 aromatic rings. The van der Waals surface area contributed by atoms with Gasteiger partial charge in [-0.1, -0.05) is 30.0 Å². The topological polar surface area (TPSA) is 99.5 Å². The summed E-state index contributed by atoms with van der Waals surface area (Å²) in [6.45, 7) is 1.83. The number of rotatable bonds is 5. The second kappa shape index (κ2) is 8.62. The Balaban J connectivity index is 1.78. The van der Waals surface area contributed by atoms with Crippen LogP contribution in [0, 0.1) is 12.7 Å². The van der Waals surface area contributed by atoms with E-state index in [0.29, 0.717) is 32.9 Å². The van der Waals surface area contributed by atoms with Crippen molar-refractivity contribution in [3.05, 3.63) is 86.4 Å². The van der Waals surface area contributed by atoms with Crippen LogP contribution >= 0.6 is 11.8 Å². The molecule has 0 aliphatic heterocycles. The first-order valence-corrected chi connectivity index (χ1v) is 11.4. The lowest BCUT2D eigenvalue weighted by Gasteiger charge is -2.13. The van der Waals surface area contributed by atoms with Crippen LogP contribution in [0.4, 0.5) is 4.39 Å². The summed E-state index contributed by atoms with van der Waals surface area (Å²) in [5.74, 6) is -0.277. The Morgan fingerprint density at radius 2 is 1.89 bits per heavy atom. The number of fused-ring (bicyclic) bond motifs is 3. The molecule has 10 heteroatoms. The van der Waals surface area contributed by atoms with Gasteiger partial charge in [-0.2, -0.15) is 5.10 Å². The number of methoxy groups -OCH3 is 1. The van der Waals surface area contributed by atoms with Crippen LogP contribution in [0.3, 0.4) is 0 Å². The average molecular weight is 494 g/mol. The summed E-state index contributed by atoms with van der Waals surface area (Å²) < 4.78 is 27.2. The number of nitrogens with zero attached hydrogens (tertiary/aromatic N) is 3. The van der Waals surface area contributed by atoms with Gasteiger partial charge in [0.05, 0.1) is 24.7 Å². The van der Waals surface area contributed by atoms with E-state index in [2.05, 4.69) is 5.10 Å². The lowest BCUT2D eigenvalue weighted by molar-refractivity contribution is 0.413. The minimum absolute atomic E-state index is 0.0246. The van der Waals surface area contributed by atoms with Crippen LogP contribution in [0.15, 0.2) is 72.3 Å². The fourth-order valence-corrected chi connectivity index (χ4v) is 5.01. The third-order valence-corrected chi connectivity index (χ3v) is 6.76. The molecule has 0 aliphatic rings. The Hall–Kier alpha value is -4.05. The Bertz CT molecular complexity index is 1720. The van der Waals surface area contributed by atoms with Gasteiger partial charge in [-0.3, -0.25) is 14.0 Å². The van der Waals surface area contributed by atoms with Crippen molar-refractivity contribution in [2.24, 2.45) is 7.05 Å². The molecule has 5 rings (SSSR count). The minimum atomic E-state index is -0.775. The molecule has 0 saturated carbocycles. The monoisotopic (exact) mass is 493 g/mol. The summed E-state index contributed by atoms with van der Waals surface area (Å²) in [7, 11) is 3.20. The van der Waals surface area contributed by atoms with Gasteiger partial charge in [0.1, 0.15) is 27.5 Å². The number of aryl methyl sites for hydroxylation is 2. The van der Waals surface area contributed by atoms with Crippen molar-refractivity contribution in [3.8, 4) is 11.5 Å². The molecular weight excluding hydrogens is 473 g/mol. The maximum atomic E-state index is 13.7. The van der Waals surface area contributed by atoms with Gasteiger partial charge in [0.25, 0.3) is 5.56 Å². The molecule has 0 unspecified atom stereocenters. The van der Waals surface area contributed by atoms with Crippen molar-refractivity contribution >= 4 is 33.8 Å². The van der Waals surface area contributed by atoms with Crippen molar-refractivity contribution in [1.29, 1.82) is 0 Å². The normalized spacial score (nSPS) is 11.4. The molecule has 0 fully saturated rings. The number of pyridine rings is 1. The highest BCUT2D eigenvalue weighted by Crippen LogP contribution is 2.38. The van der Waals surface area contributed by atoms with Crippen molar-refractivity contribution in [2.75, 3.05) is 7.11 Å². The Morgan fingerprint density at radius 3 is 2.60 bits per heavy atom. The van der Waals surface area contributed by atoms with Gasteiger partial charge in [-0.15, -0.1) is 0 Å². The second-order valence-corrected chi connectivity index (χ2v) is 9.06. The van der Waals surface area contributed by atoms with E-state index >= 15 is 0 Å². The van der Waals surface area contributed by atoms with E-state index in [9.17, 15) is 19.1 Å². The van der Waals surface area contributed by atoms with Gasteiger partial charge >= 0.3 is 5.63 Å². The zero-order valence-electron chi connectivity index (χ0n) is 19.0. The molecular formula is C25H20FN3O5S. The summed E-state index contributed by atoms with van der Waals surface area (Å²) in [5.41, 5.74) is 0.257. The summed E-state index contributed by atoms with van der Waals surface area (Å²) in [6.07, 6.45) is 0. The first kappa shape index (κ1) is 22.7. The maximum Gasteiger partial charge on any atom is 0.354 e. The summed E-state index contributed by atoms with van der Waals surface area (Å²) in [5, 5.41) is 15.9. The van der Waals surface area contributed by atoms with Crippen LogP contribution in [0.1, 0.15) is 11.3 Å². The average Bonchev–Trinajstić information content (AvgIpc) is 3.14. The van der Waals surface area contributed by atoms with E-state index < -0.39 is 16.9 Å². The van der Waals surface area contributed by atoms with Crippen molar-refractivity contribution in [2.45, 2.75) is 23.3 Å². The fourth-order valence-electron chi connectivity index (χ4n) is 4.13. The lowest BCUT2D eigenvalue weighted by Crippen LogP contribution is -2.24. The van der Waals surface area contributed by atoms with Crippen LogP contribution in [-0.4, -0.2) is 26.6 Å². The number of hydrogen-bond acceptors (Lipinski definition) is 7. The highest BCUT2D eigenvalue weighted by atomic mass is 32.2. The van der Waals surface area contributed by atoms with Crippen molar-refractivity contribution in [3.63, 3.8) is 0 Å². The molecule has 3 heterocycles. The molecule has 35 heavy (non-hydrogen) atoms. The van der Waals surface area contributed by atoms with E-state index in [1.807, 2.05) is 0 Å². The van der Waals surface area contributed by atoms with Crippen LogP contribution in [0.2, 0.25) is 0 Å². The summed E-state index contributed by atoms with van der Waals surface area (Å²) in [4.78, 5) is 27.2. The minimum Gasteiger partial charge on any atom is -0.505 e. The van der Waals surface area contributed by atoms with E-state index in [1.54, 1.807) is 50.4 Å². The number of halogens is 1. The van der Waals surface area contributed by atoms with E-state index in [-0.39, 0.29) is 28.2 Å². The third-order valence-electron chi connectivity index (χ3n) is 5.71. The van der Waals surface area contributed by atoms with Crippen molar-refractivity contribution in [1.82, 2.24) is 14.3 Å². The Morgan fingerprint density at radius 1 is 1.14 bits per heavy atom. The van der Waals surface area contributed by atoms with Crippen molar-refractivity contribution < 1.29 is 18.7 Å². The molecule has 0 spiro atoms. The molecule has 1 N–H and O–H groups in total. The quantitative estimate of drug-likeness (QED) is 0.392. The van der Waals surface area contributed by atoms with Gasteiger partial charge in [0.15, 0.2) is 11.3 Å². The molecule has 8 nitrogen and oxygen atoms in total. The first-order valence-electron chi connectivity index (χ1n) is 10.6. The van der Waals surface area contributed by atoms with Crippen LogP contribution in [0.25, 0.3) is 22.0 Å². The predicted octanol–water partition coefficient (Wildman–Crippen LogP) is 4.20. The van der Waals surface area contributed by atoms with E-state index in [4.69, 9.17) is 9.15 Å². The van der Waals surface area contributed by atoms with Crippen LogP contribution < -0.4 is 15.9 Å². The highest BCUT2D eigenvalue weighted by Gasteiger charge is 2.25. The number of ether oxygens (including phenoxy) is 1. The second-order valence-electron chi connectivity index (χ2n) is 7.98. The Kier molecular flexibility index (Phi) is 5.60. The number of aromatic nitrogens is 3. The van der Waals surface area contributed by atoms with Crippen LogP contribution in [0.5, 0.6) is 11.5 Å². The third kappa shape index (κ3) is 3.85. The summed E-state index contributed by atoms with van der Waals surface area (Å²) in [6, 6.07) is 12.7. The molecule has 0 radical (unpaired) electrons. The Labute approximate surface area is 202 Å². The van der Waals surface area contributed by atoms with Gasteiger partial charge in [0.2, 0.25) is 0 Å². The molecule has 0 bridgehead atoms. The molecule has 0 atom stereocenters. The maximum absolute atomic E-state index is 13.7. The largest absolute Gasteiger partial charge is 0.505 e. The van der Waals surface area contributed by atoms with Gasteiger partial charge in [-0.25, -0.2) is 9.18 Å². The summed E-state index contributed by atoms with van der Waals surface area (Å²) >= 11 is 0.973. The molecule has 0 saturated heterocycles. The SMILES string of the molecule is COc1cccc(Sc2c(O)c3c(=O)n(Cc4ccc(F)cc4)c4c(c(C)nn4C)c3oc2=O)c1. The molecule has 0 aliphatic carbocycles. The van der Waals surface area contributed by atoms with E-state index in [1.165, 1.54) is 28.5 Å².